The molecular weight excluding hydrogens is 498 g/mol. The first kappa shape index (κ1) is 29.3. The Morgan fingerprint density at radius 1 is 0.730 bits per heavy atom. The van der Waals surface area contributed by atoms with E-state index in [1.807, 2.05) is 0 Å². The highest BCUT2D eigenvalue weighted by molar-refractivity contribution is 5.01. The first-order valence-corrected chi connectivity index (χ1v) is 12.5. The Kier molecular flexibility index (Phi) is 9.40. The van der Waals surface area contributed by atoms with E-state index >= 15 is 0 Å². The van der Waals surface area contributed by atoms with Gasteiger partial charge in [-0.15, -0.1) is 0 Å². The monoisotopic (exact) mass is 539 g/mol. The summed E-state index contributed by atoms with van der Waals surface area (Å²) in [6.07, 6.45) is -13.7. The molecule has 16 heteroatoms. The smallest absolute Gasteiger partial charge is 0.189 e. The first-order chi connectivity index (χ1) is 17.5. The van der Waals surface area contributed by atoms with Gasteiger partial charge in [0.1, 0.15) is 42.7 Å². The third-order valence-corrected chi connectivity index (χ3v) is 7.74. The molecule has 0 aromatic heterocycles. The number of rotatable bonds is 6. The van der Waals surface area contributed by atoms with Gasteiger partial charge in [-0.05, 0) is 19.9 Å². The summed E-state index contributed by atoms with van der Waals surface area (Å²) in [5.41, 5.74) is 24.0. The van der Waals surface area contributed by atoms with Crippen molar-refractivity contribution in [3.8, 4) is 0 Å². The lowest BCUT2D eigenvalue weighted by Gasteiger charge is -2.51. The third kappa shape index (κ3) is 5.66. The molecule has 15 N–H and O–H groups in total. The van der Waals surface area contributed by atoms with Crippen LogP contribution in [0.5, 0.6) is 0 Å². The average Bonchev–Trinajstić information content (AvgIpc) is 2.86. The maximum atomic E-state index is 11.1. The second-order valence-corrected chi connectivity index (χ2v) is 10.3. The number of aliphatic hydroxyl groups is 6. The minimum atomic E-state index is -1.54. The molecular formula is C21H41N5O11. The molecule has 4 aliphatic rings. The van der Waals surface area contributed by atoms with Crippen molar-refractivity contribution in [2.75, 3.05) is 13.7 Å². The minimum Gasteiger partial charge on any atom is -0.394 e. The number of hydrogen-bond acceptors (Lipinski definition) is 16. The molecule has 0 radical (unpaired) electrons. The predicted octanol–water partition coefficient (Wildman–Crippen LogP) is -6.95. The number of fused-ring (bicyclic) bond motifs is 1. The van der Waals surface area contributed by atoms with Gasteiger partial charge in [0, 0.05) is 12.1 Å². The topological polar surface area (TPSA) is 284 Å². The second kappa shape index (κ2) is 11.8. The predicted molar refractivity (Wildman–Crippen MR) is 123 cm³/mol. The lowest BCUT2D eigenvalue weighted by atomic mass is 9.84. The van der Waals surface area contributed by atoms with E-state index in [2.05, 4.69) is 5.32 Å². The number of nitrogens with one attached hydrogen (secondary N) is 1. The number of nitrogens with two attached hydrogens (primary N) is 4. The SMILES string of the molecule is CN[C@@H]1[C@H](O[C@H]2O[C@H](CO)[C@@H](N)[C@@H](O)[C@@H]2O)O[C@H]2C[C@H](N)[C@H](O[C@@H]3[C@H](O)[C@@H](O)[C@H](N)C[C@H]3N)O[C@@H]2[C@H]1O. The van der Waals surface area contributed by atoms with E-state index in [9.17, 15) is 30.6 Å². The lowest BCUT2D eigenvalue weighted by molar-refractivity contribution is -0.373. The van der Waals surface area contributed by atoms with Crippen LogP contribution in [0.25, 0.3) is 0 Å². The molecule has 3 heterocycles. The molecule has 4 fully saturated rings. The van der Waals surface area contributed by atoms with Crippen molar-refractivity contribution in [2.24, 2.45) is 22.9 Å². The molecule has 0 spiro atoms. The molecule has 0 bridgehead atoms. The Morgan fingerprint density at radius 3 is 2.08 bits per heavy atom. The molecule has 3 saturated heterocycles. The van der Waals surface area contributed by atoms with Crippen molar-refractivity contribution in [1.82, 2.24) is 5.32 Å². The largest absolute Gasteiger partial charge is 0.394 e. The van der Waals surface area contributed by atoms with Gasteiger partial charge in [-0.25, -0.2) is 0 Å². The number of hydrogen-bond donors (Lipinski definition) is 11. The zero-order valence-electron chi connectivity index (χ0n) is 20.5. The quantitative estimate of drug-likeness (QED) is 0.149. The Morgan fingerprint density at radius 2 is 1.43 bits per heavy atom. The number of ether oxygens (including phenoxy) is 5. The molecule has 216 valence electrons. The summed E-state index contributed by atoms with van der Waals surface area (Å²) in [6.45, 7) is -0.508. The van der Waals surface area contributed by atoms with E-state index in [1.165, 1.54) is 0 Å². The standard InChI is InChI=1S/C21H41N5O11/c1-26-11-14(30)18-8(33-20(11)37-21-16(32)13(29)10(25)9(4-27)34-21)3-7(24)19(36-18)35-17-6(23)2-5(22)12(28)15(17)31/h5-21,26-32H,2-4,22-25H2,1H3/t5-,6-,7+,8+,9-,10-,11+,12+,13-,14+,15-,16+,17+,18+,19-,20+,21-/m1/s1. The minimum absolute atomic E-state index is 0.156. The van der Waals surface area contributed by atoms with Gasteiger partial charge >= 0.3 is 0 Å². The van der Waals surface area contributed by atoms with Crippen molar-refractivity contribution in [2.45, 2.75) is 117 Å². The average molecular weight is 540 g/mol. The summed E-state index contributed by atoms with van der Waals surface area (Å²) in [6, 6.07) is -4.05. The van der Waals surface area contributed by atoms with Crippen LogP contribution in [-0.2, 0) is 23.7 Å². The van der Waals surface area contributed by atoms with Gasteiger partial charge in [-0.3, -0.25) is 0 Å². The zero-order valence-corrected chi connectivity index (χ0v) is 20.5. The van der Waals surface area contributed by atoms with Crippen LogP contribution in [0.15, 0.2) is 0 Å². The Bertz CT molecular complexity index is 756. The van der Waals surface area contributed by atoms with Gasteiger partial charge in [0.25, 0.3) is 0 Å². The Hall–Kier alpha value is -0.640. The molecule has 3 aliphatic heterocycles. The summed E-state index contributed by atoms with van der Waals surface area (Å²) in [5.74, 6) is 0. The molecule has 16 nitrogen and oxygen atoms in total. The van der Waals surface area contributed by atoms with Crippen LogP contribution in [0.4, 0.5) is 0 Å². The van der Waals surface area contributed by atoms with Gasteiger partial charge in [0.2, 0.25) is 0 Å². The summed E-state index contributed by atoms with van der Waals surface area (Å²) in [4.78, 5) is 0. The number of aliphatic hydroxyl groups excluding tert-OH is 6. The second-order valence-electron chi connectivity index (χ2n) is 10.3. The summed E-state index contributed by atoms with van der Waals surface area (Å²) in [5, 5.41) is 64.7. The van der Waals surface area contributed by atoms with E-state index in [0.717, 1.165) is 0 Å². The Labute approximate surface area is 213 Å². The first-order valence-electron chi connectivity index (χ1n) is 12.5. The van der Waals surface area contributed by atoms with Gasteiger partial charge in [-0.2, -0.15) is 0 Å². The molecule has 17 atom stereocenters. The normalized spacial score (nSPS) is 55.1. The van der Waals surface area contributed by atoms with E-state index in [0.29, 0.717) is 0 Å². The molecule has 0 aromatic rings. The number of likely N-dealkylation sites (N-methyl/N-ethyl adjacent to an activating group) is 1. The van der Waals surface area contributed by atoms with E-state index < -0.39 is 111 Å². The summed E-state index contributed by atoms with van der Waals surface area (Å²) in [7, 11) is 1.55. The van der Waals surface area contributed by atoms with Crippen molar-refractivity contribution in [1.29, 1.82) is 0 Å². The molecule has 0 unspecified atom stereocenters. The maximum absolute atomic E-state index is 11.1. The van der Waals surface area contributed by atoms with Crippen LogP contribution >= 0.6 is 0 Å². The summed E-state index contributed by atoms with van der Waals surface area (Å²) >= 11 is 0. The lowest BCUT2D eigenvalue weighted by Crippen LogP contribution is -2.70. The van der Waals surface area contributed by atoms with Crippen LogP contribution in [0.1, 0.15) is 12.8 Å². The van der Waals surface area contributed by atoms with Crippen LogP contribution in [-0.4, -0.2) is 148 Å². The molecule has 4 rings (SSSR count). The molecule has 1 aliphatic carbocycles. The third-order valence-electron chi connectivity index (χ3n) is 7.74. The Balaban J connectivity index is 1.43. The van der Waals surface area contributed by atoms with Crippen molar-refractivity contribution in [3.63, 3.8) is 0 Å². The van der Waals surface area contributed by atoms with Gasteiger partial charge in [-0.1, -0.05) is 0 Å². The van der Waals surface area contributed by atoms with Gasteiger partial charge < -0.3 is 82.6 Å². The molecule has 1 saturated carbocycles. The molecule has 37 heavy (non-hydrogen) atoms. The molecule has 0 amide bonds. The highest BCUT2D eigenvalue weighted by Crippen LogP contribution is 2.35. The zero-order chi connectivity index (χ0) is 27.2. The van der Waals surface area contributed by atoms with Crippen LogP contribution in [0.3, 0.4) is 0 Å². The highest BCUT2D eigenvalue weighted by atomic mass is 16.8. The van der Waals surface area contributed by atoms with E-state index in [1.54, 1.807) is 7.05 Å². The highest BCUT2D eigenvalue weighted by Gasteiger charge is 2.54. The van der Waals surface area contributed by atoms with Crippen LogP contribution in [0, 0.1) is 0 Å². The van der Waals surface area contributed by atoms with Gasteiger partial charge in [0.15, 0.2) is 18.9 Å². The van der Waals surface area contributed by atoms with E-state index in [4.69, 9.17) is 46.6 Å². The molecule has 0 aromatic carbocycles. The fourth-order valence-electron chi connectivity index (χ4n) is 5.46. The van der Waals surface area contributed by atoms with Crippen LogP contribution < -0.4 is 28.3 Å². The van der Waals surface area contributed by atoms with Crippen molar-refractivity contribution >= 4 is 0 Å². The van der Waals surface area contributed by atoms with Gasteiger partial charge in [0.05, 0.1) is 36.9 Å². The summed E-state index contributed by atoms with van der Waals surface area (Å²) < 4.78 is 29.2. The van der Waals surface area contributed by atoms with Crippen LogP contribution in [0.2, 0.25) is 0 Å². The van der Waals surface area contributed by atoms with E-state index in [-0.39, 0.29) is 12.8 Å². The fraction of sp³-hybridized carbons (Fsp3) is 1.00. The van der Waals surface area contributed by atoms with Crippen molar-refractivity contribution in [3.05, 3.63) is 0 Å². The fourth-order valence-corrected chi connectivity index (χ4v) is 5.46. The van der Waals surface area contributed by atoms with Crippen molar-refractivity contribution < 1.29 is 54.3 Å². The maximum Gasteiger partial charge on any atom is 0.189 e.